The maximum Gasteiger partial charge on any atom is 0.00953 e. The molecule has 1 aliphatic rings. The standard InChI is InChI=1S/C12H23N/c1-4-5-8-13-12-9-10(2)6-7-11(12)3/h4,10-13H,1,5-9H2,2-3H3. The van der Waals surface area contributed by atoms with Crippen LogP contribution < -0.4 is 5.32 Å². The lowest BCUT2D eigenvalue weighted by Crippen LogP contribution is -2.39. The van der Waals surface area contributed by atoms with Gasteiger partial charge in [-0.2, -0.15) is 0 Å². The maximum absolute atomic E-state index is 3.74. The second kappa shape index (κ2) is 5.43. The van der Waals surface area contributed by atoms with E-state index in [4.69, 9.17) is 0 Å². The van der Waals surface area contributed by atoms with Crippen LogP contribution in [0.25, 0.3) is 0 Å². The molecule has 13 heavy (non-hydrogen) atoms. The fourth-order valence-electron chi connectivity index (χ4n) is 2.19. The predicted octanol–water partition coefficient (Wildman–Crippen LogP) is 2.98. The van der Waals surface area contributed by atoms with Gasteiger partial charge in [0, 0.05) is 6.04 Å². The normalized spacial score (nSPS) is 34.5. The van der Waals surface area contributed by atoms with Crippen molar-refractivity contribution in [2.45, 2.75) is 45.6 Å². The predicted molar refractivity (Wildman–Crippen MR) is 58.8 cm³/mol. The molecule has 1 fully saturated rings. The van der Waals surface area contributed by atoms with Crippen molar-refractivity contribution in [3.05, 3.63) is 12.7 Å². The van der Waals surface area contributed by atoms with Crippen LogP contribution in [-0.4, -0.2) is 12.6 Å². The van der Waals surface area contributed by atoms with Gasteiger partial charge in [-0.25, -0.2) is 0 Å². The third kappa shape index (κ3) is 3.51. The zero-order valence-corrected chi connectivity index (χ0v) is 9.05. The molecule has 1 aliphatic carbocycles. The van der Waals surface area contributed by atoms with E-state index in [-0.39, 0.29) is 0 Å². The molecule has 0 bridgehead atoms. The molecule has 76 valence electrons. The van der Waals surface area contributed by atoms with Gasteiger partial charge < -0.3 is 5.32 Å². The Morgan fingerprint density at radius 3 is 2.85 bits per heavy atom. The van der Waals surface area contributed by atoms with Crippen molar-refractivity contribution in [3.8, 4) is 0 Å². The molecule has 0 amide bonds. The summed E-state index contributed by atoms with van der Waals surface area (Å²) in [7, 11) is 0. The van der Waals surface area contributed by atoms with Crippen LogP contribution in [-0.2, 0) is 0 Å². The van der Waals surface area contributed by atoms with Crippen molar-refractivity contribution in [3.63, 3.8) is 0 Å². The van der Waals surface area contributed by atoms with E-state index in [9.17, 15) is 0 Å². The Hall–Kier alpha value is -0.300. The topological polar surface area (TPSA) is 12.0 Å². The summed E-state index contributed by atoms with van der Waals surface area (Å²) in [6, 6.07) is 0.753. The van der Waals surface area contributed by atoms with Crippen LogP contribution >= 0.6 is 0 Å². The highest BCUT2D eigenvalue weighted by atomic mass is 14.9. The first-order chi connectivity index (χ1) is 6.24. The zero-order valence-electron chi connectivity index (χ0n) is 9.05. The molecule has 0 saturated heterocycles. The van der Waals surface area contributed by atoms with E-state index >= 15 is 0 Å². The van der Waals surface area contributed by atoms with Gasteiger partial charge in [0.2, 0.25) is 0 Å². The quantitative estimate of drug-likeness (QED) is 0.519. The summed E-state index contributed by atoms with van der Waals surface area (Å²) in [6.07, 6.45) is 7.26. The molecule has 0 aromatic carbocycles. The van der Waals surface area contributed by atoms with E-state index < -0.39 is 0 Å². The second-order valence-electron chi connectivity index (χ2n) is 4.53. The minimum absolute atomic E-state index is 0.753. The highest BCUT2D eigenvalue weighted by molar-refractivity contribution is 4.82. The summed E-state index contributed by atoms with van der Waals surface area (Å²) in [4.78, 5) is 0. The van der Waals surface area contributed by atoms with Gasteiger partial charge in [-0.15, -0.1) is 6.58 Å². The minimum atomic E-state index is 0.753. The van der Waals surface area contributed by atoms with Gasteiger partial charge in [0.25, 0.3) is 0 Å². The summed E-state index contributed by atoms with van der Waals surface area (Å²) in [5.74, 6) is 1.78. The average molecular weight is 181 g/mol. The van der Waals surface area contributed by atoms with Crippen LogP contribution in [0.2, 0.25) is 0 Å². The lowest BCUT2D eigenvalue weighted by Gasteiger charge is -2.33. The van der Waals surface area contributed by atoms with Gasteiger partial charge in [0.1, 0.15) is 0 Å². The molecule has 1 nitrogen and oxygen atoms in total. The van der Waals surface area contributed by atoms with Crippen LogP contribution in [0.1, 0.15) is 39.5 Å². The fourth-order valence-corrected chi connectivity index (χ4v) is 2.19. The van der Waals surface area contributed by atoms with Crippen molar-refractivity contribution in [1.29, 1.82) is 0 Å². The number of hydrogen-bond acceptors (Lipinski definition) is 1. The van der Waals surface area contributed by atoms with Crippen LogP contribution in [0.4, 0.5) is 0 Å². The minimum Gasteiger partial charge on any atom is -0.313 e. The van der Waals surface area contributed by atoms with Crippen molar-refractivity contribution in [1.82, 2.24) is 5.32 Å². The van der Waals surface area contributed by atoms with E-state index in [1.165, 1.54) is 19.3 Å². The van der Waals surface area contributed by atoms with Crippen molar-refractivity contribution < 1.29 is 0 Å². The van der Waals surface area contributed by atoms with Gasteiger partial charge in [-0.3, -0.25) is 0 Å². The molecule has 0 aliphatic heterocycles. The third-order valence-corrected chi connectivity index (χ3v) is 3.21. The molecule has 3 atom stereocenters. The smallest absolute Gasteiger partial charge is 0.00953 e. The molecule has 1 heteroatoms. The lowest BCUT2D eigenvalue weighted by molar-refractivity contribution is 0.230. The summed E-state index contributed by atoms with van der Waals surface area (Å²) in [5, 5.41) is 3.63. The van der Waals surface area contributed by atoms with Crippen molar-refractivity contribution in [2.75, 3.05) is 6.54 Å². The van der Waals surface area contributed by atoms with E-state index in [1.54, 1.807) is 0 Å². The number of nitrogens with one attached hydrogen (secondary N) is 1. The summed E-state index contributed by atoms with van der Waals surface area (Å²) >= 11 is 0. The van der Waals surface area contributed by atoms with E-state index in [2.05, 4.69) is 25.7 Å². The van der Waals surface area contributed by atoms with Crippen molar-refractivity contribution >= 4 is 0 Å². The fraction of sp³-hybridized carbons (Fsp3) is 0.833. The van der Waals surface area contributed by atoms with Crippen LogP contribution in [0, 0.1) is 11.8 Å². The Morgan fingerprint density at radius 1 is 1.38 bits per heavy atom. The average Bonchev–Trinajstić information content (AvgIpc) is 2.11. The molecule has 1 N–H and O–H groups in total. The molecule has 0 aromatic heterocycles. The highest BCUT2D eigenvalue weighted by Gasteiger charge is 2.24. The molecule has 3 unspecified atom stereocenters. The molecular formula is C12H23N. The Bertz CT molecular complexity index is 153. The first kappa shape index (κ1) is 10.8. The monoisotopic (exact) mass is 181 g/mol. The molecule has 0 heterocycles. The van der Waals surface area contributed by atoms with E-state index in [0.717, 1.165) is 30.8 Å². The van der Waals surface area contributed by atoms with E-state index in [0.29, 0.717) is 0 Å². The molecular weight excluding hydrogens is 158 g/mol. The maximum atomic E-state index is 3.74. The summed E-state index contributed by atoms with van der Waals surface area (Å²) in [5.41, 5.74) is 0. The lowest BCUT2D eigenvalue weighted by atomic mass is 9.80. The number of hydrogen-bond donors (Lipinski definition) is 1. The highest BCUT2D eigenvalue weighted by Crippen LogP contribution is 2.28. The molecule has 0 aromatic rings. The first-order valence-electron chi connectivity index (χ1n) is 5.58. The molecule has 1 rings (SSSR count). The SMILES string of the molecule is C=CCCNC1CC(C)CCC1C. The van der Waals surface area contributed by atoms with Gasteiger partial charge >= 0.3 is 0 Å². The molecule has 0 radical (unpaired) electrons. The Morgan fingerprint density at radius 2 is 2.15 bits per heavy atom. The van der Waals surface area contributed by atoms with Gasteiger partial charge in [-0.05, 0) is 37.6 Å². The zero-order chi connectivity index (χ0) is 9.68. The Labute approximate surface area is 82.6 Å². The van der Waals surface area contributed by atoms with Crippen LogP contribution in [0.15, 0.2) is 12.7 Å². The van der Waals surface area contributed by atoms with Gasteiger partial charge in [-0.1, -0.05) is 26.3 Å². The van der Waals surface area contributed by atoms with E-state index in [1.807, 2.05) is 6.08 Å². The third-order valence-electron chi connectivity index (χ3n) is 3.21. The largest absolute Gasteiger partial charge is 0.313 e. The molecule has 1 saturated carbocycles. The second-order valence-corrected chi connectivity index (χ2v) is 4.53. The van der Waals surface area contributed by atoms with Crippen molar-refractivity contribution in [2.24, 2.45) is 11.8 Å². The van der Waals surface area contributed by atoms with Crippen LogP contribution in [0.3, 0.4) is 0 Å². The van der Waals surface area contributed by atoms with Gasteiger partial charge in [0.05, 0.1) is 0 Å². The number of rotatable bonds is 4. The van der Waals surface area contributed by atoms with Crippen LogP contribution in [0.5, 0.6) is 0 Å². The Kier molecular flexibility index (Phi) is 4.51. The Balaban J connectivity index is 2.24. The first-order valence-corrected chi connectivity index (χ1v) is 5.58. The van der Waals surface area contributed by atoms with Gasteiger partial charge in [0.15, 0.2) is 0 Å². The summed E-state index contributed by atoms with van der Waals surface area (Å²) < 4.78 is 0. The summed E-state index contributed by atoms with van der Waals surface area (Å²) in [6.45, 7) is 9.58. The molecule has 0 spiro atoms.